The number of H-pyrrole nitrogens is 1. The van der Waals surface area contributed by atoms with E-state index in [1.54, 1.807) is 6.20 Å². The molecule has 0 saturated carbocycles. The molecule has 1 N–H and O–H groups in total. The summed E-state index contributed by atoms with van der Waals surface area (Å²) in [6, 6.07) is 9.70. The number of aromatic nitrogens is 3. The number of hydrogen-bond donors (Lipinski definition) is 1. The van der Waals surface area contributed by atoms with Crippen LogP contribution in [0.1, 0.15) is 27.2 Å². The number of pyridine rings is 1. The zero-order valence-corrected chi connectivity index (χ0v) is 16.8. The van der Waals surface area contributed by atoms with Crippen LogP contribution >= 0.6 is 0 Å². The number of imidazole rings is 1. The predicted octanol–water partition coefficient (Wildman–Crippen LogP) is 5.38. The first-order valence-corrected chi connectivity index (χ1v) is 9.73. The third-order valence-corrected chi connectivity index (χ3v) is 4.34. The van der Waals surface area contributed by atoms with Crippen LogP contribution in [0.15, 0.2) is 71.8 Å². The Kier molecular flexibility index (Phi) is 5.35. The highest BCUT2D eigenvalue weighted by molar-refractivity contribution is 5.76. The number of ether oxygens (including phenoxy) is 2. The maximum atomic E-state index is 6.21. The smallest absolute Gasteiger partial charge is 0.178 e. The van der Waals surface area contributed by atoms with Gasteiger partial charge in [-0.05, 0) is 57.2 Å². The average Bonchev–Trinajstić information content (AvgIpc) is 3.12. The molecule has 1 atom stereocenters. The van der Waals surface area contributed by atoms with Gasteiger partial charge in [-0.3, -0.25) is 0 Å². The number of nitrogens with one attached hydrogen (secondary N) is 1. The van der Waals surface area contributed by atoms with E-state index in [1.807, 2.05) is 69.3 Å². The lowest BCUT2D eigenvalue weighted by Gasteiger charge is -2.17. The molecule has 0 radical (unpaired) electrons. The Bertz CT molecular complexity index is 1130. The molecule has 0 amide bonds. The molecule has 0 bridgehead atoms. The molecule has 0 saturated heterocycles. The highest BCUT2D eigenvalue weighted by atomic mass is 16.5. The second-order valence-electron chi connectivity index (χ2n) is 7.27. The third-order valence-electron chi connectivity index (χ3n) is 4.34. The first kappa shape index (κ1) is 18.8. The minimum absolute atomic E-state index is 0.0264. The van der Waals surface area contributed by atoms with Crippen LogP contribution in [0.2, 0.25) is 0 Å². The van der Waals surface area contributed by atoms with Crippen LogP contribution < -0.4 is 9.47 Å². The minimum Gasteiger partial charge on any atom is -0.491 e. The molecular formula is C24H23N3O2. The van der Waals surface area contributed by atoms with Gasteiger partial charge in [-0.1, -0.05) is 17.5 Å². The van der Waals surface area contributed by atoms with Gasteiger partial charge in [0.25, 0.3) is 0 Å². The van der Waals surface area contributed by atoms with Crippen LogP contribution in [0.3, 0.4) is 0 Å². The molecule has 0 unspecified atom stereocenters. The Morgan fingerprint density at radius 3 is 2.66 bits per heavy atom. The molecule has 5 heteroatoms. The van der Waals surface area contributed by atoms with Gasteiger partial charge in [-0.15, -0.1) is 0 Å². The van der Waals surface area contributed by atoms with Crippen LogP contribution in [0.25, 0.3) is 22.6 Å². The summed E-state index contributed by atoms with van der Waals surface area (Å²) in [5.41, 5.74) is 9.65. The van der Waals surface area contributed by atoms with Crippen LogP contribution in [0.4, 0.5) is 0 Å². The number of allylic oxidation sites excluding steroid dienone is 3. The maximum Gasteiger partial charge on any atom is 0.178 e. The molecule has 3 aromatic rings. The van der Waals surface area contributed by atoms with Gasteiger partial charge in [0.15, 0.2) is 5.65 Å². The maximum absolute atomic E-state index is 6.21. The number of hydrogen-bond acceptors (Lipinski definition) is 4. The van der Waals surface area contributed by atoms with E-state index in [1.165, 1.54) is 0 Å². The largest absolute Gasteiger partial charge is 0.491 e. The molecule has 29 heavy (non-hydrogen) atoms. The van der Waals surface area contributed by atoms with E-state index in [4.69, 9.17) is 9.47 Å². The molecule has 1 aliphatic carbocycles. The summed E-state index contributed by atoms with van der Waals surface area (Å²) >= 11 is 0. The molecule has 0 aliphatic heterocycles. The fourth-order valence-electron chi connectivity index (χ4n) is 3.19. The van der Waals surface area contributed by atoms with E-state index >= 15 is 0 Å². The van der Waals surface area contributed by atoms with Crippen LogP contribution in [-0.4, -0.2) is 27.2 Å². The molecule has 0 spiro atoms. The van der Waals surface area contributed by atoms with Crippen molar-refractivity contribution in [3.05, 3.63) is 71.8 Å². The van der Waals surface area contributed by atoms with E-state index in [0.717, 1.165) is 40.4 Å². The highest BCUT2D eigenvalue weighted by Crippen LogP contribution is 2.31. The monoisotopic (exact) mass is 385 g/mol. The fraction of sp³-hybridized carbons (Fsp3) is 0.250. The lowest BCUT2D eigenvalue weighted by molar-refractivity contribution is 0.217. The summed E-state index contributed by atoms with van der Waals surface area (Å²) in [5, 5.41) is 0. The van der Waals surface area contributed by atoms with Gasteiger partial charge in [0, 0.05) is 29.8 Å². The minimum atomic E-state index is -0.0264. The fourth-order valence-corrected chi connectivity index (χ4v) is 3.19. The molecule has 2 heterocycles. The summed E-state index contributed by atoms with van der Waals surface area (Å²) in [4.78, 5) is 12.2. The number of aromatic amines is 1. The summed E-state index contributed by atoms with van der Waals surface area (Å²) in [6.07, 6.45) is 8.35. The lowest BCUT2D eigenvalue weighted by atomic mass is 10.1. The van der Waals surface area contributed by atoms with Crippen LogP contribution in [0.5, 0.6) is 11.5 Å². The van der Waals surface area contributed by atoms with Gasteiger partial charge in [0.2, 0.25) is 0 Å². The zero-order chi connectivity index (χ0) is 20.2. The second-order valence-corrected chi connectivity index (χ2v) is 7.27. The molecule has 5 nitrogen and oxygen atoms in total. The number of rotatable bonds is 7. The van der Waals surface area contributed by atoms with Crippen LogP contribution in [0, 0.1) is 0 Å². The number of nitrogens with zero attached hydrogens (tertiary/aromatic N) is 2. The van der Waals surface area contributed by atoms with E-state index in [2.05, 4.69) is 26.4 Å². The standard InChI is InChI=1S/C24H23N3O2/c1-16(2)28-20-13-19(23-26-22-10-7-11-25-24(22)27-23)14-21(15-20)29-17(3)12-18-8-5-4-6-9-18/h4-5,7-8,10-11,13-17H,12H2,1-3H3,(H,25,26,27)/t17-/m0/s1. The lowest BCUT2D eigenvalue weighted by Crippen LogP contribution is -2.13. The van der Waals surface area contributed by atoms with E-state index in [0.29, 0.717) is 5.65 Å². The molecule has 1 aliphatic rings. The highest BCUT2D eigenvalue weighted by Gasteiger charge is 2.13. The third kappa shape index (κ3) is 4.67. The van der Waals surface area contributed by atoms with Gasteiger partial charge in [0.05, 0.1) is 11.6 Å². The summed E-state index contributed by atoms with van der Waals surface area (Å²) in [6.45, 7) is 6.05. The van der Waals surface area contributed by atoms with Crippen molar-refractivity contribution in [1.82, 2.24) is 15.0 Å². The van der Waals surface area contributed by atoms with Gasteiger partial charge in [-0.25, -0.2) is 9.97 Å². The summed E-state index contributed by atoms with van der Waals surface area (Å²) in [5.74, 6) is 2.21. The Morgan fingerprint density at radius 1 is 1.10 bits per heavy atom. The normalized spacial score (nSPS) is 13.7. The van der Waals surface area contributed by atoms with Crippen molar-refractivity contribution >= 4 is 11.2 Å². The van der Waals surface area contributed by atoms with Crippen molar-refractivity contribution in [3.8, 4) is 22.9 Å². The van der Waals surface area contributed by atoms with Crippen molar-refractivity contribution in [2.45, 2.75) is 39.4 Å². The van der Waals surface area contributed by atoms with Gasteiger partial charge < -0.3 is 14.5 Å². The van der Waals surface area contributed by atoms with Crippen LogP contribution in [-0.2, 0) is 0 Å². The summed E-state index contributed by atoms with van der Waals surface area (Å²) in [7, 11) is 0. The number of benzene rings is 1. The van der Waals surface area contributed by atoms with Crippen molar-refractivity contribution in [3.63, 3.8) is 0 Å². The molecule has 0 fully saturated rings. The van der Waals surface area contributed by atoms with E-state index < -0.39 is 0 Å². The van der Waals surface area contributed by atoms with Gasteiger partial charge in [-0.2, -0.15) is 0 Å². The molecule has 2 aromatic heterocycles. The van der Waals surface area contributed by atoms with Gasteiger partial charge in [0.1, 0.15) is 23.4 Å². The Hall–Kier alpha value is -3.52. The Labute approximate surface area is 170 Å². The summed E-state index contributed by atoms with van der Waals surface area (Å²) < 4.78 is 12.1. The molecule has 146 valence electrons. The van der Waals surface area contributed by atoms with E-state index in [9.17, 15) is 0 Å². The average molecular weight is 385 g/mol. The van der Waals surface area contributed by atoms with Crippen molar-refractivity contribution < 1.29 is 9.47 Å². The quantitative estimate of drug-likeness (QED) is 0.555. The molecule has 1 aromatic carbocycles. The van der Waals surface area contributed by atoms with Gasteiger partial charge >= 0.3 is 0 Å². The number of fused-ring (bicyclic) bond motifs is 1. The first-order valence-electron chi connectivity index (χ1n) is 9.73. The van der Waals surface area contributed by atoms with Crippen molar-refractivity contribution in [1.29, 1.82) is 0 Å². The zero-order valence-electron chi connectivity index (χ0n) is 16.8. The van der Waals surface area contributed by atoms with Crippen molar-refractivity contribution in [2.75, 3.05) is 0 Å². The molecule has 4 rings (SSSR count). The molecular weight excluding hydrogens is 362 g/mol. The first-order chi connectivity index (χ1) is 14.1. The Balaban J connectivity index is 1.64. The second kappa shape index (κ2) is 8.24. The topological polar surface area (TPSA) is 60.0 Å². The van der Waals surface area contributed by atoms with E-state index in [-0.39, 0.29) is 12.2 Å². The Morgan fingerprint density at radius 2 is 1.93 bits per heavy atom. The van der Waals surface area contributed by atoms with Crippen molar-refractivity contribution in [2.24, 2.45) is 0 Å². The SMILES string of the molecule is CC(C)Oc1cc(O[C@@H](C)CC2=C=C=CC=C2)cc(-c2nc3ncccc3[nH]2)c1. The predicted molar refractivity (Wildman–Crippen MR) is 114 cm³/mol.